The highest BCUT2D eigenvalue weighted by molar-refractivity contribution is 5.93. The van der Waals surface area contributed by atoms with E-state index < -0.39 is 0 Å². The lowest BCUT2D eigenvalue weighted by molar-refractivity contribution is 0.0950. The number of nitrogens with zero attached hydrogens (tertiary/aromatic N) is 1. The maximum absolute atomic E-state index is 11.3. The van der Waals surface area contributed by atoms with Crippen LogP contribution in [0.3, 0.4) is 0 Å². The van der Waals surface area contributed by atoms with Crippen LogP contribution in [0.15, 0.2) is 12.4 Å². The largest absolute Gasteiger partial charge is 0.350 e. The molecule has 1 unspecified atom stereocenters. The Balaban J connectivity index is 2.35. The van der Waals surface area contributed by atoms with Crippen LogP contribution in [0.4, 0.5) is 0 Å². The minimum atomic E-state index is -0.101. The number of carbonyl (C=O) groups excluding carboxylic acids is 1. The van der Waals surface area contributed by atoms with E-state index in [1.807, 2.05) is 14.0 Å². The molecule has 3 N–H and O–H groups in total. The molecule has 1 amide bonds. The van der Waals surface area contributed by atoms with Crippen molar-refractivity contribution in [2.24, 2.45) is 0 Å². The van der Waals surface area contributed by atoms with Crippen molar-refractivity contribution < 1.29 is 4.79 Å². The zero-order valence-electron chi connectivity index (χ0n) is 7.79. The van der Waals surface area contributed by atoms with Gasteiger partial charge in [-0.05, 0) is 14.0 Å². The first kappa shape index (κ1) is 9.73. The number of carbonyl (C=O) groups is 1. The highest BCUT2D eigenvalue weighted by atomic mass is 16.1. The average Bonchev–Trinajstić information content (AvgIpc) is 2.66. The number of nitrogens with one attached hydrogen (secondary N) is 3. The molecule has 0 aliphatic heterocycles. The predicted molar refractivity (Wildman–Crippen MR) is 49.4 cm³/mol. The van der Waals surface area contributed by atoms with Crippen molar-refractivity contribution in [1.82, 2.24) is 20.8 Å². The van der Waals surface area contributed by atoms with Gasteiger partial charge in [0.05, 0.1) is 11.8 Å². The summed E-state index contributed by atoms with van der Waals surface area (Å²) in [6.45, 7) is 2.61. The molecule has 0 radical (unpaired) electrons. The summed E-state index contributed by atoms with van der Waals surface area (Å²) in [5.41, 5.74) is 0.559. The van der Waals surface area contributed by atoms with Gasteiger partial charge in [0.1, 0.15) is 0 Å². The van der Waals surface area contributed by atoms with E-state index in [0.29, 0.717) is 12.1 Å². The smallest absolute Gasteiger partial charge is 0.254 e. The average molecular weight is 182 g/mol. The third kappa shape index (κ3) is 2.87. The van der Waals surface area contributed by atoms with Crippen LogP contribution >= 0.6 is 0 Å². The summed E-state index contributed by atoms with van der Waals surface area (Å²) in [6.07, 6.45) is 3.07. The summed E-state index contributed by atoms with van der Waals surface area (Å²) in [5, 5.41) is 12.1. The molecule has 5 nitrogen and oxygen atoms in total. The second kappa shape index (κ2) is 4.61. The number of likely N-dealkylation sites (N-methyl/N-ethyl adjacent to an activating group) is 1. The number of aromatic nitrogens is 2. The van der Waals surface area contributed by atoms with Gasteiger partial charge in [-0.3, -0.25) is 9.89 Å². The van der Waals surface area contributed by atoms with Gasteiger partial charge in [-0.25, -0.2) is 0 Å². The van der Waals surface area contributed by atoms with Gasteiger partial charge in [-0.1, -0.05) is 0 Å². The molecule has 0 fully saturated rings. The van der Waals surface area contributed by atoms with Crippen LogP contribution in [-0.4, -0.2) is 35.7 Å². The van der Waals surface area contributed by atoms with Gasteiger partial charge in [0, 0.05) is 18.8 Å². The van der Waals surface area contributed by atoms with E-state index in [2.05, 4.69) is 20.8 Å². The van der Waals surface area contributed by atoms with E-state index in [1.54, 1.807) is 6.20 Å². The van der Waals surface area contributed by atoms with E-state index in [9.17, 15) is 4.79 Å². The van der Waals surface area contributed by atoms with Crippen molar-refractivity contribution in [3.8, 4) is 0 Å². The van der Waals surface area contributed by atoms with Crippen molar-refractivity contribution in [1.29, 1.82) is 0 Å². The van der Waals surface area contributed by atoms with Crippen molar-refractivity contribution in [2.45, 2.75) is 13.0 Å². The number of rotatable bonds is 4. The van der Waals surface area contributed by atoms with Gasteiger partial charge >= 0.3 is 0 Å². The lowest BCUT2D eigenvalue weighted by Gasteiger charge is -2.10. The Morgan fingerprint density at radius 1 is 1.77 bits per heavy atom. The fourth-order valence-electron chi connectivity index (χ4n) is 0.825. The molecule has 0 saturated carbocycles. The Morgan fingerprint density at radius 2 is 2.54 bits per heavy atom. The molecule has 1 rings (SSSR count). The molecule has 0 aliphatic carbocycles. The van der Waals surface area contributed by atoms with Crippen molar-refractivity contribution in [3.63, 3.8) is 0 Å². The van der Waals surface area contributed by atoms with Crippen molar-refractivity contribution in [2.75, 3.05) is 13.6 Å². The summed E-state index contributed by atoms with van der Waals surface area (Å²) in [7, 11) is 1.86. The molecular formula is C8H14N4O. The fourth-order valence-corrected chi connectivity index (χ4v) is 0.825. The number of aromatic amines is 1. The monoisotopic (exact) mass is 182 g/mol. The van der Waals surface area contributed by atoms with Crippen LogP contribution in [0, 0.1) is 0 Å². The molecule has 0 bridgehead atoms. The molecule has 1 atom stereocenters. The Morgan fingerprint density at radius 3 is 3.08 bits per heavy atom. The predicted octanol–water partition coefficient (Wildman–Crippen LogP) is -0.253. The first-order chi connectivity index (χ1) is 6.24. The first-order valence-corrected chi connectivity index (χ1v) is 4.18. The Bertz CT molecular complexity index is 257. The number of hydrogen-bond donors (Lipinski definition) is 3. The van der Waals surface area contributed by atoms with Gasteiger partial charge in [-0.2, -0.15) is 5.10 Å². The Hall–Kier alpha value is -1.36. The summed E-state index contributed by atoms with van der Waals surface area (Å²) in [5.74, 6) is -0.101. The number of H-pyrrole nitrogens is 1. The van der Waals surface area contributed by atoms with Crippen LogP contribution < -0.4 is 10.6 Å². The molecule has 5 heteroatoms. The highest BCUT2D eigenvalue weighted by Gasteiger charge is 2.06. The molecule has 0 aromatic carbocycles. The third-order valence-corrected chi connectivity index (χ3v) is 1.82. The third-order valence-electron chi connectivity index (χ3n) is 1.82. The van der Waals surface area contributed by atoms with Crippen LogP contribution in [0.2, 0.25) is 0 Å². The van der Waals surface area contributed by atoms with Gasteiger partial charge in [-0.15, -0.1) is 0 Å². The molecular weight excluding hydrogens is 168 g/mol. The zero-order valence-corrected chi connectivity index (χ0v) is 7.79. The molecule has 1 aromatic rings. The van der Waals surface area contributed by atoms with Crippen LogP contribution in [-0.2, 0) is 0 Å². The standard InChI is InChI=1S/C8H14N4O/c1-6(9-2)3-10-8(13)7-4-11-12-5-7/h4-6,9H,3H2,1-2H3,(H,10,13)(H,11,12). The molecule has 0 saturated heterocycles. The van der Waals surface area contributed by atoms with Crippen LogP contribution in [0.1, 0.15) is 17.3 Å². The van der Waals surface area contributed by atoms with Crippen LogP contribution in [0.5, 0.6) is 0 Å². The lowest BCUT2D eigenvalue weighted by atomic mass is 10.3. The summed E-state index contributed by atoms with van der Waals surface area (Å²) < 4.78 is 0. The number of hydrogen-bond acceptors (Lipinski definition) is 3. The second-order valence-electron chi connectivity index (χ2n) is 2.89. The topological polar surface area (TPSA) is 69.8 Å². The van der Waals surface area contributed by atoms with Crippen molar-refractivity contribution in [3.05, 3.63) is 18.0 Å². The Kier molecular flexibility index (Phi) is 3.45. The summed E-state index contributed by atoms with van der Waals surface area (Å²) >= 11 is 0. The van der Waals surface area contributed by atoms with Gasteiger partial charge in [0.2, 0.25) is 0 Å². The molecule has 1 aromatic heterocycles. The Labute approximate surface area is 76.9 Å². The summed E-state index contributed by atoms with van der Waals surface area (Å²) in [6, 6.07) is 0.274. The second-order valence-corrected chi connectivity index (χ2v) is 2.89. The van der Waals surface area contributed by atoms with E-state index in [1.165, 1.54) is 6.20 Å². The fraction of sp³-hybridized carbons (Fsp3) is 0.500. The zero-order chi connectivity index (χ0) is 9.68. The minimum Gasteiger partial charge on any atom is -0.350 e. The maximum Gasteiger partial charge on any atom is 0.254 e. The normalized spacial score (nSPS) is 12.5. The van der Waals surface area contributed by atoms with E-state index in [0.717, 1.165) is 0 Å². The van der Waals surface area contributed by atoms with E-state index >= 15 is 0 Å². The molecule has 0 aliphatic rings. The molecule has 1 heterocycles. The van der Waals surface area contributed by atoms with Crippen molar-refractivity contribution >= 4 is 5.91 Å². The van der Waals surface area contributed by atoms with Crippen LogP contribution in [0.25, 0.3) is 0 Å². The van der Waals surface area contributed by atoms with Gasteiger partial charge in [0.15, 0.2) is 0 Å². The molecule has 72 valence electrons. The summed E-state index contributed by atoms with van der Waals surface area (Å²) in [4.78, 5) is 11.3. The van der Waals surface area contributed by atoms with E-state index in [4.69, 9.17) is 0 Å². The van der Waals surface area contributed by atoms with Gasteiger partial charge in [0.25, 0.3) is 5.91 Å². The maximum atomic E-state index is 11.3. The molecule has 0 spiro atoms. The SMILES string of the molecule is CNC(C)CNC(=O)c1cn[nH]c1. The highest BCUT2D eigenvalue weighted by Crippen LogP contribution is 1.92. The first-order valence-electron chi connectivity index (χ1n) is 4.18. The number of amides is 1. The van der Waals surface area contributed by atoms with Gasteiger partial charge < -0.3 is 10.6 Å². The lowest BCUT2D eigenvalue weighted by Crippen LogP contribution is -2.37. The minimum absolute atomic E-state index is 0.101. The molecule has 13 heavy (non-hydrogen) atoms. The quantitative estimate of drug-likeness (QED) is 0.601. The van der Waals surface area contributed by atoms with E-state index in [-0.39, 0.29) is 11.9 Å².